The molecule has 0 saturated carbocycles. The second-order valence-corrected chi connectivity index (χ2v) is 4.02. The van der Waals surface area contributed by atoms with E-state index in [2.05, 4.69) is 0 Å². The fourth-order valence-corrected chi connectivity index (χ4v) is 1.78. The Labute approximate surface area is 94.4 Å². The summed E-state index contributed by atoms with van der Waals surface area (Å²) in [4.78, 5) is 21.6. The van der Waals surface area contributed by atoms with Gasteiger partial charge in [0.15, 0.2) is 5.78 Å². The Bertz CT molecular complexity index is 464. The summed E-state index contributed by atoms with van der Waals surface area (Å²) in [6, 6.07) is 1.74. The molecule has 0 saturated heterocycles. The first-order valence-electron chi connectivity index (χ1n) is 5.07. The largest absolute Gasteiger partial charge is 0.294 e. The lowest BCUT2D eigenvalue weighted by Crippen LogP contribution is -2.10. The van der Waals surface area contributed by atoms with Gasteiger partial charge in [-0.3, -0.25) is 14.9 Å². The second kappa shape index (κ2) is 4.43. The number of ketones is 1. The zero-order chi connectivity index (χ0) is 12.5. The number of carbonyl (C=O) groups is 1. The van der Waals surface area contributed by atoms with E-state index in [1.54, 1.807) is 6.07 Å². The number of hydrogen-bond acceptors (Lipinski definition) is 3. The van der Waals surface area contributed by atoms with Crippen molar-refractivity contribution >= 4 is 5.78 Å². The van der Waals surface area contributed by atoms with E-state index in [1.807, 2.05) is 20.8 Å². The van der Waals surface area contributed by atoms with Crippen LogP contribution in [-0.2, 0) is 6.54 Å². The number of benzene rings is 1. The van der Waals surface area contributed by atoms with Gasteiger partial charge in [0.25, 0.3) is 0 Å². The van der Waals surface area contributed by atoms with Crippen molar-refractivity contribution in [1.29, 1.82) is 0 Å². The molecule has 0 spiro atoms. The summed E-state index contributed by atoms with van der Waals surface area (Å²) in [7, 11) is 0. The van der Waals surface area contributed by atoms with Crippen LogP contribution in [0.15, 0.2) is 6.07 Å². The smallest absolute Gasteiger partial charge is 0.229 e. The van der Waals surface area contributed by atoms with Crippen molar-refractivity contribution in [2.45, 2.75) is 34.2 Å². The Morgan fingerprint density at radius 3 is 2.31 bits per heavy atom. The third-order valence-corrected chi connectivity index (χ3v) is 2.96. The van der Waals surface area contributed by atoms with Gasteiger partial charge in [-0.2, -0.15) is 0 Å². The maximum Gasteiger partial charge on any atom is 0.229 e. The quantitative estimate of drug-likeness (QED) is 0.447. The van der Waals surface area contributed by atoms with Gasteiger partial charge in [-0.15, -0.1) is 0 Å². The van der Waals surface area contributed by atoms with Gasteiger partial charge in [0.1, 0.15) is 0 Å². The number of Topliss-reactive ketones (excluding diaryl/α,β-unsaturated/α-hetero) is 1. The van der Waals surface area contributed by atoms with E-state index < -0.39 is 4.92 Å². The summed E-state index contributed by atoms with van der Waals surface area (Å²) in [6.07, 6.45) is 0. The molecule has 86 valence electrons. The van der Waals surface area contributed by atoms with E-state index in [0.717, 1.165) is 16.7 Å². The number of carbonyl (C=O) groups excluding carboxylic acids is 1. The molecule has 0 heterocycles. The van der Waals surface area contributed by atoms with Crippen molar-refractivity contribution in [3.05, 3.63) is 44.0 Å². The molecule has 0 N–H and O–H groups in total. The topological polar surface area (TPSA) is 60.2 Å². The van der Waals surface area contributed by atoms with Crippen molar-refractivity contribution in [2.75, 3.05) is 0 Å². The molecule has 0 atom stereocenters. The first-order valence-corrected chi connectivity index (χ1v) is 5.07. The SMILES string of the molecule is CC(=O)c1cc(C)c(C)c(C)c1C[N+](=O)[O-]. The second-order valence-electron chi connectivity index (χ2n) is 4.02. The van der Waals surface area contributed by atoms with Crippen LogP contribution < -0.4 is 0 Å². The van der Waals surface area contributed by atoms with Crippen LogP contribution in [0.4, 0.5) is 0 Å². The van der Waals surface area contributed by atoms with Crippen LogP contribution in [-0.4, -0.2) is 10.7 Å². The van der Waals surface area contributed by atoms with E-state index in [0.29, 0.717) is 11.1 Å². The highest BCUT2D eigenvalue weighted by Crippen LogP contribution is 2.23. The summed E-state index contributed by atoms with van der Waals surface area (Å²) in [5.74, 6) is -0.122. The fraction of sp³-hybridized carbons (Fsp3) is 0.417. The number of rotatable bonds is 3. The van der Waals surface area contributed by atoms with E-state index in [9.17, 15) is 14.9 Å². The molecule has 1 aromatic rings. The van der Waals surface area contributed by atoms with E-state index in [-0.39, 0.29) is 12.3 Å². The Hall–Kier alpha value is -1.71. The van der Waals surface area contributed by atoms with Gasteiger partial charge in [0, 0.05) is 16.1 Å². The summed E-state index contributed by atoms with van der Waals surface area (Å²) in [5.41, 5.74) is 3.87. The predicted octanol–water partition coefficient (Wildman–Crippen LogP) is 2.59. The maximum absolute atomic E-state index is 11.4. The molecule has 0 aromatic heterocycles. The van der Waals surface area contributed by atoms with Crippen LogP contribution in [0.3, 0.4) is 0 Å². The molecular weight excluding hydrogens is 206 g/mol. The zero-order valence-corrected chi connectivity index (χ0v) is 9.96. The molecule has 0 unspecified atom stereocenters. The van der Waals surface area contributed by atoms with E-state index >= 15 is 0 Å². The van der Waals surface area contributed by atoms with Crippen LogP contribution in [0.2, 0.25) is 0 Å². The van der Waals surface area contributed by atoms with Crippen LogP contribution in [0.5, 0.6) is 0 Å². The zero-order valence-electron chi connectivity index (χ0n) is 9.96. The third kappa shape index (κ3) is 2.27. The van der Waals surface area contributed by atoms with Crippen molar-refractivity contribution in [3.63, 3.8) is 0 Å². The molecule has 0 amide bonds. The van der Waals surface area contributed by atoms with Crippen molar-refractivity contribution < 1.29 is 9.72 Å². The number of nitrogens with zero attached hydrogens (tertiary/aromatic N) is 1. The van der Waals surface area contributed by atoms with Gasteiger partial charge in [-0.25, -0.2) is 0 Å². The normalized spacial score (nSPS) is 10.2. The molecule has 16 heavy (non-hydrogen) atoms. The van der Waals surface area contributed by atoms with E-state index in [1.165, 1.54) is 6.92 Å². The molecule has 0 aliphatic carbocycles. The van der Waals surface area contributed by atoms with Gasteiger partial charge >= 0.3 is 0 Å². The molecular formula is C12H15NO3. The Kier molecular flexibility index (Phi) is 3.42. The monoisotopic (exact) mass is 221 g/mol. The minimum atomic E-state index is -0.399. The van der Waals surface area contributed by atoms with E-state index in [4.69, 9.17) is 0 Å². The molecule has 4 heteroatoms. The summed E-state index contributed by atoms with van der Waals surface area (Å²) < 4.78 is 0. The molecule has 0 bridgehead atoms. The average Bonchev–Trinajstić information content (AvgIpc) is 2.17. The van der Waals surface area contributed by atoms with Gasteiger partial charge in [-0.05, 0) is 50.5 Å². The molecule has 0 aliphatic heterocycles. The number of aryl methyl sites for hydroxylation is 1. The summed E-state index contributed by atoms with van der Waals surface area (Å²) in [6.45, 7) is 6.80. The van der Waals surface area contributed by atoms with Crippen LogP contribution in [0.1, 0.15) is 39.5 Å². The van der Waals surface area contributed by atoms with Crippen molar-refractivity contribution in [1.82, 2.24) is 0 Å². The van der Waals surface area contributed by atoms with Gasteiger partial charge in [0.05, 0.1) is 0 Å². The highest BCUT2D eigenvalue weighted by Gasteiger charge is 2.17. The lowest BCUT2D eigenvalue weighted by atomic mass is 9.92. The molecule has 4 nitrogen and oxygen atoms in total. The number of nitro groups is 1. The molecule has 0 aliphatic rings. The van der Waals surface area contributed by atoms with Crippen LogP contribution in [0, 0.1) is 30.9 Å². The Morgan fingerprint density at radius 1 is 1.31 bits per heavy atom. The van der Waals surface area contributed by atoms with Crippen LogP contribution >= 0.6 is 0 Å². The standard InChI is InChI=1S/C12H15NO3/c1-7-5-11(10(4)14)12(6-13(15)16)9(3)8(7)2/h5H,6H2,1-4H3. The fourth-order valence-electron chi connectivity index (χ4n) is 1.78. The van der Waals surface area contributed by atoms with Gasteiger partial charge < -0.3 is 0 Å². The highest BCUT2D eigenvalue weighted by atomic mass is 16.6. The molecule has 1 rings (SSSR count). The van der Waals surface area contributed by atoms with Crippen molar-refractivity contribution in [2.24, 2.45) is 0 Å². The molecule has 0 fully saturated rings. The third-order valence-electron chi connectivity index (χ3n) is 2.96. The lowest BCUT2D eigenvalue weighted by molar-refractivity contribution is -0.496. The van der Waals surface area contributed by atoms with Gasteiger partial charge in [0.2, 0.25) is 6.54 Å². The van der Waals surface area contributed by atoms with Crippen LogP contribution in [0.25, 0.3) is 0 Å². The molecule has 1 aromatic carbocycles. The highest BCUT2D eigenvalue weighted by molar-refractivity contribution is 5.96. The summed E-state index contributed by atoms with van der Waals surface area (Å²) in [5, 5.41) is 10.6. The lowest BCUT2D eigenvalue weighted by Gasteiger charge is -2.12. The maximum atomic E-state index is 11.4. The Balaban J connectivity index is 3.47. The van der Waals surface area contributed by atoms with Gasteiger partial charge in [-0.1, -0.05) is 0 Å². The minimum absolute atomic E-state index is 0.122. The Morgan fingerprint density at radius 2 is 1.88 bits per heavy atom. The first kappa shape index (κ1) is 12.4. The molecule has 0 radical (unpaired) electrons. The first-order chi connectivity index (χ1) is 7.34. The minimum Gasteiger partial charge on any atom is -0.294 e. The average molecular weight is 221 g/mol. The number of hydrogen-bond donors (Lipinski definition) is 0. The predicted molar refractivity (Wildman–Crippen MR) is 61.4 cm³/mol. The summed E-state index contributed by atoms with van der Waals surface area (Å²) >= 11 is 0. The van der Waals surface area contributed by atoms with Crippen molar-refractivity contribution in [3.8, 4) is 0 Å².